The van der Waals surface area contributed by atoms with Crippen LogP contribution in [0.15, 0.2) is 56.8 Å². The van der Waals surface area contributed by atoms with Crippen LogP contribution in [0.5, 0.6) is 0 Å². The van der Waals surface area contributed by atoms with Gasteiger partial charge in [0.25, 0.3) is 5.91 Å². The molecule has 0 aromatic heterocycles. The maximum absolute atomic E-state index is 12.7. The van der Waals surface area contributed by atoms with Gasteiger partial charge in [0.05, 0.1) is 10.6 Å². The minimum atomic E-state index is 0.0134. The van der Waals surface area contributed by atoms with E-state index in [2.05, 4.69) is 34.1 Å². The van der Waals surface area contributed by atoms with Gasteiger partial charge in [0, 0.05) is 11.0 Å². The molecule has 1 aliphatic heterocycles. The van der Waals surface area contributed by atoms with Crippen molar-refractivity contribution in [1.29, 1.82) is 0 Å². The number of halogens is 1. The van der Waals surface area contributed by atoms with E-state index in [1.807, 2.05) is 51.1 Å². The van der Waals surface area contributed by atoms with E-state index < -0.39 is 0 Å². The van der Waals surface area contributed by atoms with Crippen LogP contribution >= 0.6 is 27.7 Å². The molecule has 2 aromatic rings. The molecule has 1 aliphatic rings. The van der Waals surface area contributed by atoms with Crippen LogP contribution in [0.2, 0.25) is 0 Å². The van der Waals surface area contributed by atoms with Crippen molar-refractivity contribution < 1.29 is 4.79 Å². The van der Waals surface area contributed by atoms with Crippen molar-refractivity contribution in [2.24, 2.45) is 4.99 Å². The maximum Gasteiger partial charge on any atom is 0.266 e. The Kier molecular flexibility index (Phi) is 5.45. The molecule has 5 heteroatoms. The largest absolute Gasteiger partial charge is 0.287 e. The first-order valence-electron chi connectivity index (χ1n) is 8.11. The van der Waals surface area contributed by atoms with Crippen molar-refractivity contribution in [2.75, 3.05) is 6.54 Å². The van der Waals surface area contributed by atoms with Gasteiger partial charge >= 0.3 is 0 Å². The summed E-state index contributed by atoms with van der Waals surface area (Å²) in [6, 6.07) is 14.1. The molecule has 25 heavy (non-hydrogen) atoms. The average molecular weight is 415 g/mol. The highest BCUT2D eigenvalue weighted by Gasteiger charge is 2.32. The van der Waals surface area contributed by atoms with Gasteiger partial charge in [0.2, 0.25) is 0 Å². The number of benzene rings is 2. The molecular formula is C20H19BrN2OS. The topological polar surface area (TPSA) is 32.7 Å². The summed E-state index contributed by atoms with van der Waals surface area (Å²) in [5.74, 6) is 0.0134. The minimum Gasteiger partial charge on any atom is -0.287 e. The summed E-state index contributed by atoms with van der Waals surface area (Å²) in [7, 11) is 0. The molecule has 0 N–H and O–H groups in total. The number of nitrogens with zero attached hydrogens (tertiary/aromatic N) is 2. The van der Waals surface area contributed by atoms with Crippen LogP contribution in [0.4, 0.5) is 5.69 Å². The van der Waals surface area contributed by atoms with Gasteiger partial charge in [-0.15, -0.1) is 0 Å². The van der Waals surface area contributed by atoms with Gasteiger partial charge in [0.15, 0.2) is 5.17 Å². The summed E-state index contributed by atoms with van der Waals surface area (Å²) in [5, 5.41) is 0.740. The predicted molar refractivity (Wildman–Crippen MR) is 110 cm³/mol. The predicted octanol–water partition coefficient (Wildman–Crippen LogP) is 5.69. The Hall–Kier alpha value is -1.85. The van der Waals surface area contributed by atoms with E-state index in [0.29, 0.717) is 11.4 Å². The number of likely N-dealkylation sites (N-methyl/N-ethyl adjacent to an activating group) is 1. The zero-order valence-corrected chi connectivity index (χ0v) is 16.8. The van der Waals surface area contributed by atoms with Gasteiger partial charge in [-0.05, 0) is 73.5 Å². The van der Waals surface area contributed by atoms with Crippen molar-refractivity contribution in [2.45, 2.75) is 20.8 Å². The molecule has 0 radical (unpaired) electrons. The second kappa shape index (κ2) is 7.58. The van der Waals surface area contributed by atoms with Crippen molar-refractivity contribution >= 4 is 50.5 Å². The number of amides is 1. The second-order valence-electron chi connectivity index (χ2n) is 5.90. The Labute approximate surface area is 161 Å². The first-order valence-corrected chi connectivity index (χ1v) is 9.72. The number of hydrogen-bond donors (Lipinski definition) is 0. The number of aryl methyl sites for hydroxylation is 2. The van der Waals surface area contributed by atoms with Crippen molar-refractivity contribution in [3.05, 3.63) is 68.5 Å². The second-order valence-corrected chi connectivity index (χ2v) is 7.82. The molecule has 1 fully saturated rings. The lowest BCUT2D eigenvalue weighted by Crippen LogP contribution is -2.28. The van der Waals surface area contributed by atoms with Crippen molar-refractivity contribution in [3.8, 4) is 0 Å². The first kappa shape index (κ1) is 18.0. The lowest BCUT2D eigenvalue weighted by molar-refractivity contribution is -0.122. The fraction of sp³-hybridized carbons (Fsp3) is 0.200. The van der Waals surface area contributed by atoms with E-state index in [-0.39, 0.29) is 5.91 Å². The zero-order chi connectivity index (χ0) is 18.0. The summed E-state index contributed by atoms with van der Waals surface area (Å²) in [6.07, 6.45) is 1.92. The van der Waals surface area contributed by atoms with Crippen LogP contribution in [0.3, 0.4) is 0 Å². The fourth-order valence-corrected chi connectivity index (χ4v) is 3.84. The molecule has 1 heterocycles. The molecule has 3 nitrogen and oxygen atoms in total. The highest BCUT2D eigenvalue weighted by atomic mass is 79.9. The lowest BCUT2D eigenvalue weighted by Gasteiger charge is -2.12. The highest BCUT2D eigenvalue weighted by Crippen LogP contribution is 2.34. The van der Waals surface area contributed by atoms with E-state index >= 15 is 0 Å². The third kappa shape index (κ3) is 4.05. The molecule has 0 spiro atoms. The molecular weight excluding hydrogens is 396 g/mol. The Morgan fingerprint density at radius 1 is 1.16 bits per heavy atom. The van der Waals surface area contributed by atoms with Gasteiger partial charge in [0.1, 0.15) is 0 Å². The lowest BCUT2D eigenvalue weighted by atomic mass is 10.1. The SMILES string of the molecule is CCN1C(=O)/C(=C\c2ccc(Br)cc2)SC1=Nc1cc(C)ccc1C. The molecule has 0 aliphatic carbocycles. The van der Waals surface area contributed by atoms with Gasteiger partial charge in [-0.3, -0.25) is 9.69 Å². The number of rotatable bonds is 3. The van der Waals surface area contributed by atoms with E-state index in [4.69, 9.17) is 4.99 Å². The van der Waals surface area contributed by atoms with Crippen LogP contribution in [-0.2, 0) is 4.79 Å². The van der Waals surface area contributed by atoms with Gasteiger partial charge < -0.3 is 0 Å². The summed E-state index contributed by atoms with van der Waals surface area (Å²) in [4.78, 5) is 19.9. The van der Waals surface area contributed by atoms with Crippen LogP contribution in [0, 0.1) is 13.8 Å². The van der Waals surface area contributed by atoms with Crippen LogP contribution in [0.1, 0.15) is 23.6 Å². The molecule has 3 rings (SSSR count). The van der Waals surface area contributed by atoms with Crippen LogP contribution < -0.4 is 0 Å². The molecule has 0 atom stereocenters. The molecule has 0 saturated carbocycles. The summed E-state index contributed by atoms with van der Waals surface area (Å²) in [5.41, 5.74) is 4.18. The number of carbonyl (C=O) groups is 1. The zero-order valence-electron chi connectivity index (χ0n) is 14.4. The van der Waals surface area contributed by atoms with E-state index in [0.717, 1.165) is 32.0 Å². The number of thioether (sulfide) groups is 1. The normalized spacial score (nSPS) is 17.8. The third-order valence-corrected chi connectivity index (χ3v) is 5.49. The number of carbonyl (C=O) groups excluding carboxylic acids is 1. The van der Waals surface area contributed by atoms with Crippen molar-refractivity contribution in [1.82, 2.24) is 4.90 Å². The van der Waals surface area contributed by atoms with Gasteiger partial charge in [-0.2, -0.15) is 0 Å². The van der Waals surface area contributed by atoms with Crippen LogP contribution in [-0.4, -0.2) is 22.5 Å². The molecule has 0 unspecified atom stereocenters. The average Bonchev–Trinajstić information content (AvgIpc) is 2.88. The van der Waals surface area contributed by atoms with E-state index in [1.54, 1.807) is 4.90 Å². The van der Waals surface area contributed by atoms with Crippen molar-refractivity contribution in [3.63, 3.8) is 0 Å². The quantitative estimate of drug-likeness (QED) is 0.604. The van der Waals surface area contributed by atoms with E-state index in [1.165, 1.54) is 11.8 Å². The number of amidine groups is 1. The van der Waals surface area contributed by atoms with Gasteiger partial charge in [-0.1, -0.05) is 40.2 Å². The Morgan fingerprint density at radius 2 is 1.88 bits per heavy atom. The van der Waals surface area contributed by atoms with Crippen LogP contribution in [0.25, 0.3) is 6.08 Å². The molecule has 128 valence electrons. The Balaban J connectivity index is 1.96. The number of hydrogen-bond acceptors (Lipinski definition) is 3. The molecule has 0 bridgehead atoms. The minimum absolute atomic E-state index is 0.0134. The van der Waals surface area contributed by atoms with E-state index in [9.17, 15) is 4.79 Å². The molecule has 1 amide bonds. The fourth-order valence-electron chi connectivity index (χ4n) is 2.52. The van der Waals surface area contributed by atoms with Gasteiger partial charge in [-0.25, -0.2) is 4.99 Å². The molecule has 2 aromatic carbocycles. The molecule has 1 saturated heterocycles. The Morgan fingerprint density at radius 3 is 2.56 bits per heavy atom. The highest BCUT2D eigenvalue weighted by molar-refractivity contribution is 9.10. The maximum atomic E-state index is 12.7. The summed E-state index contributed by atoms with van der Waals surface area (Å²) < 4.78 is 1.02. The smallest absolute Gasteiger partial charge is 0.266 e. The third-order valence-electron chi connectivity index (χ3n) is 3.95. The summed E-state index contributed by atoms with van der Waals surface area (Å²) in [6.45, 7) is 6.66. The summed E-state index contributed by atoms with van der Waals surface area (Å²) >= 11 is 4.87. The standard InChI is InChI=1S/C20H19BrN2OS/c1-4-23-19(24)18(12-15-7-9-16(21)10-8-15)25-20(23)22-17-11-13(2)5-6-14(17)3/h5-12H,4H2,1-3H3/b18-12+,22-20?. The Bertz CT molecular complexity index is 872. The number of aliphatic imine (C=N–C) groups is 1. The first-order chi connectivity index (χ1) is 12.0. The monoisotopic (exact) mass is 414 g/mol.